The average molecular weight is 657 g/mol. The smallest absolute Gasteiger partial charge is 0.143 e. The third kappa shape index (κ3) is 4.49. The van der Waals surface area contributed by atoms with E-state index in [0.717, 1.165) is 87.7 Å². The second-order valence-corrected chi connectivity index (χ2v) is 12.4. The molecule has 0 amide bonds. The molecule has 0 spiro atoms. The highest BCUT2D eigenvalue weighted by Gasteiger charge is 2.16. The number of para-hydroxylation sites is 3. The van der Waals surface area contributed by atoms with Crippen molar-refractivity contribution in [1.29, 1.82) is 0 Å². The lowest BCUT2D eigenvalue weighted by atomic mass is 10.0. The third-order valence-corrected chi connectivity index (χ3v) is 9.29. The van der Waals surface area contributed by atoms with E-state index in [4.69, 9.17) is 8.83 Å². The number of benzene rings is 7. The highest BCUT2D eigenvalue weighted by atomic mass is 79.9. The Bertz CT molecular complexity index is 2520. The molecule has 0 bridgehead atoms. The van der Waals surface area contributed by atoms with Crippen molar-refractivity contribution >= 4 is 76.9 Å². The molecule has 46 heavy (non-hydrogen) atoms. The first-order valence-electron chi connectivity index (χ1n) is 15.3. The highest BCUT2D eigenvalue weighted by molar-refractivity contribution is 9.10. The number of nitrogens with zero attached hydrogens (tertiary/aromatic N) is 1. The lowest BCUT2D eigenvalue weighted by Crippen LogP contribution is -2.09. The summed E-state index contributed by atoms with van der Waals surface area (Å²) in [6.45, 7) is 0. The standard InChI is InChI=1S/C42H26BrNO2/c43-30-17-23-33(24-18-30)44(31-19-12-27(13-20-31)29-16-25-41-38(26-29)36-7-2-3-10-39(36)45-41)32-21-14-28(15-22-32)34-8-5-9-37-35-6-1-4-11-40(35)46-42(34)37/h1-26H. The lowest BCUT2D eigenvalue weighted by molar-refractivity contribution is 0.669. The SMILES string of the molecule is Brc1ccc(N(c2ccc(-c3ccc4oc5ccccc5c4c3)cc2)c2ccc(-c3cccc4c3oc3ccccc34)cc2)cc1. The van der Waals surface area contributed by atoms with Gasteiger partial charge in [0.15, 0.2) is 0 Å². The van der Waals surface area contributed by atoms with Gasteiger partial charge in [-0.2, -0.15) is 0 Å². The van der Waals surface area contributed by atoms with Crippen molar-refractivity contribution < 1.29 is 8.83 Å². The van der Waals surface area contributed by atoms with Gasteiger partial charge in [0.25, 0.3) is 0 Å². The largest absolute Gasteiger partial charge is 0.456 e. The summed E-state index contributed by atoms with van der Waals surface area (Å²) < 4.78 is 13.4. The average Bonchev–Trinajstić information content (AvgIpc) is 3.68. The second kappa shape index (κ2) is 10.8. The van der Waals surface area contributed by atoms with Gasteiger partial charge in [0.2, 0.25) is 0 Å². The quantitative estimate of drug-likeness (QED) is 0.185. The highest BCUT2D eigenvalue weighted by Crippen LogP contribution is 2.40. The molecule has 4 heteroatoms. The van der Waals surface area contributed by atoms with Gasteiger partial charge < -0.3 is 13.7 Å². The van der Waals surface area contributed by atoms with Crippen molar-refractivity contribution in [2.75, 3.05) is 4.90 Å². The fourth-order valence-corrected chi connectivity index (χ4v) is 6.77. The van der Waals surface area contributed by atoms with E-state index in [9.17, 15) is 0 Å². The van der Waals surface area contributed by atoms with Crippen LogP contribution in [0, 0.1) is 0 Å². The molecular formula is C42H26BrNO2. The molecule has 0 aliphatic heterocycles. The van der Waals surface area contributed by atoms with Crippen LogP contribution in [-0.2, 0) is 0 Å². The maximum Gasteiger partial charge on any atom is 0.143 e. The minimum atomic E-state index is 0.906. The van der Waals surface area contributed by atoms with Gasteiger partial charge in [-0.15, -0.1) is 0 Å². The Morgan fingerprint density at radius 3 is 1.61 bits per heavy atom. The van der Waals surface area contributed by atoms with E-state index in [1.165, 1.54) is 0 Å². The summed E-state index contributed by atoms with van der Waals surface area (Å²) in [5.74, 6) is 0. The Balaban J connectivity index is 1.10. The Morgan fingerprint density at radius 1 is 0.391 bits per heavy atom. The summed E-state index contributed by atoms with van der Waals surface area (Å²) in [6.07, 6.45) is 0. The first kappa shape index (κ1) is 26.8. The predicted octanol–water partition coefficient (Wildman–Crippen LogP) is 13.1. The molecule has 2 heterocycles. The van der Waals surface area contributed by atoms with Crippen LogP contribution in [-0.4, -0.2) is 0 Å². The minimum Gasteiger partial charge on any atom is -0.456 e. The van der Waals surface area contributed by atoms with Gasteiger partial charge in [0.05, 0.1) is 0 Å². The Morgan fingerprint density at radius 2 is 0.913 bits per heavy atom. The maximum absolute atomic E-state index is 6.33. The molecular weight excluding hydrogens is 630 g/mol. The van der Waals surface area contributed by atoms with Gasteiger partial charge in [-0.05, 0) is 89.5 Å². The van der Waals surface area contributed by atoms with Gasteiger partial charge in [-0.1, -0.05) is 101 Å². The zero-order valence-corrected chi connectivity index (χ0v) is 26.2. The molecule has 0 fully saturated rings. The summed E-state index contributed by atoms with van der Waals surface area (Å²) in [5.41, 5.74) is 11.4. The van der Waals surface area contributed by atoms with E-state index in [2.05, 4.69) is 154 Å². The first-order chi connectivity index (χ1) is 22.7. The molecule has 0 radical (unpaired) electrons. The number of anilines is 3. The van der Waals surface area contributed by atoms with E-state index in [-0.39, 0.29) is 0 Å². The second-order valence-electron chi connectivity index (χ2n) is 11.5. The zero-order valence-electron chi connectivity index (χ0n) is 24.7. The number of hydrogen-bond acceptors (Lipinski definition) is 3. The molecule has 0 atom stereocenters. The summed E-state index contributed by atoms with van der Waals surface area (Å²) >= 11 is 3.61. The van der Waals surface area contributed by atoms with Gasteiger partial charge in [-0.25, -0.2) is 0 Å². The minimum absolute atomic E-state index is 0.906. The molecule has 0 N–H and O–H groups in total. The summed E-state index contributed by atoms with van der Waals surface area (Å²) in [4.78, 5) is 2.29. The van der Waals surface area contributed by atoms with Crippen LogP contribution in [0.3, 0.4) is 0 Å². The number of rotatable bonds is 5. The van der Waals surface area contributed by atoms with Crippen LogP contribution in [0.5, 0.6) is 0 Å². The summed E-state index contributed by atoms with van der Waals surface area (Å²) in [6, 6.07) is 55.2. The van der Waals surface area contributed by atoms with Crippen LogP contribution < -0.4 is 4.90 Å². The van der Waals surface area contributed by atoms with Gasteiger partial charge in [0, 0.05) is 48.6 Å². The number of furan rings is 2. The number of hydrogen-bond donors (Lipinski definition) is 0. The van der Waals surface area contributed by atoms with Gasteiger partial charge in [-0.3, -0.25) is 0 Å². The van der Waals surface area contributed by atoms with Crippen LogP contribution in [0.15, 0.2) is 171 Å². The Hall–Kier alpha value is -5.58. The summed E-state index contributed by atoms with van der Waals surface area (Å²) in [7, 11) is 0. The van der Waals surface area contributed by atoms with Crippen molar-refractivity contribution in [3.63, 3.8) is 0 Å². The first-order valence-corrected chi connectivity index (χ1v) is 16.1. The fraction of sp³-hybridized carbons (Fsp3) is 0. The van der Waals surface area contributed by atoms with Crippen molar-refractivity contribution in [2.24, 2.45) is 0 Å². The van der Waals surface area contributed by atoms with Gasteiger partial charge in [0.1, 0.15) is 22.3 Å². The molecule has 218 valence electrons. The number of halogens is 1. The molecule has 2 aromatic heterocycles. The zero-order chi connectivity index (χ0) is 30.6. The van der Waals surface area contributed by atoms with E-state index < -0.39 is 0 Å². The predicted molar refractivity (Wildman–Crippen MR) is 194 cm³/mol. The molecule has 0 saturated heterocycles. The molecule has 0 unspecified atom stereocenters. The molecule has 7 aromatic carbocycles. The molecule has 0 aliphatic carbocycles. The van der Waals surface area contributed by atoms with Crippen molar-refractivity contribution in [3.05, 3.63) is 162 Å². The van der Waals surface area contributed by atoms with E-state index in [0.29, 0.717) is 0 Å². The van der Waals surface area contributed by atoms with E-state index in [1.54, 1.807) is 0 Å². The molecule has 3 nitrogen and oxygen atoms in total. The van der Waals surface area contributed by atoms with Crippen LogP contribution in [0.25, 0.3) is 66.1 Å². The van der Waals surface area contributed by atoms with Crippen molar-refractivity contribution in [1.82, 2.24) is 0 Å². The number of fused-ring (bicyclic) bond motifs is 6. The Kier molecular flexibility index (Phi) is 6.29. The van der Waals surface area contributed by atoms with Crippen LogP contribution in [0.2, 0.25) is 0 Å². The van der Waals surface area contributed by atoms with E-state index >= 15 is 0 Å². The monoisotopic (exact) mass is 655 g/mol. The molecule has 9 rings (SSSR count). The molecule has 0 saturated carbocycles. The normalized spacial score (nSPS) is 11.6. The van der Waals surface area contributed by atoms with Crippen molar-refractivity contribution in [3.8, 4) is 22.3 Å². The summed E-state index contributed by atoms with van der Waals surface area (Å²) in [5, 5.41) is 4.54. The van der Waals surface area contributed by atoms with E-state index in [1.807, 2.05) is 24.3 Å². The van der Waals surface area contributed by atoms with Crippen LogP contribution >= 0.6 is 15.9 Å². The fourth-order valence-electron chi connectivity index (χ4n) is 6.51. The molecule has 0 aliphatic rings. The topological polar surface area (TPSA) is 29.5 Å². The Labute approximate surface area is 274 Å². The third-order valence-electron chi connectivity index (χ3n) is 8.76. The maximum atomic E-state index is 6.33. The van der Waals surface area contributed by atoms with Gasteiger partial charge >= 0.3 is 0 Å². The van der Waals surface area contributed by atoms with Crippen molar-refractivity contribution in [2.45, 2.75) is 0 Å². The van der Waals surface area contributed by atoms with Crippen LogP contribution in [0.1, 0.15) is 0 Å². The van der Waals surface area contributed by atoms with Crippen LogP contribution in [0.4, 0.5) is 17.1 Å². The molecule has 9 aromatic rings. The lowest BCUT2D eigenvalue weighted by Gasteiger charge is -2.26.